The lowest BCUT2D eigenvalue weighted by Gasteiger charge is -2.23. The van der Waals surface area contributed by atoms with E-state index in [2.05, 4.69) is 23.8 Å². The summed E-state index contributed by atoms with van der Waals surface area (Å²) >= 11 is 1.61. The second-order valence-corrected chi connectivity index (χ2v) is 6.64. The lowest BCUT2D eigenvalue weighted by atomic mass is 10.2. The highest BCUT2D eigenvalue weighted by Gasteiger charge is 2.22. The second-order valence-electron chi connectivity index (χ2n) is 5.58. The number of amides is 1. The van der Waals surface area contributed by atoms with Gasteiger partial charge in [-0.3, -0.25) is 4.79 Å². The summed E-state index contributed by atoms with van der Waals surface area (Å²) in [6, 6.07) is -0.255. The monoisotopic (exact) mass is 306 g/mol. The molecule has 2 rings (SSSR count). The number of imidazole rings is 1. The van der Waals surface area contributed by atoms with E-state index < -0.39 is 0 Å². The van der Waals surface area contributed by atoms with E-state index in [4.69, 9.17) is 0 Å². The highest BCUT2D eigenvalue weighted by molar-refractivity contribution is 7.09. The Labute approximate surface area is 129 Å². The van der Waals surface area contributed by atoms with Crippen molar-refractivity contribution in [3.8, 4) is 0 Å². The number of hydrogen-bond donors (Lipinski definition) is 0. The van der Waals surface area contributed by atoms with Gasteiger partial charge in [-0.1, -0.05) is 13.8 Å². The van der Waals surface area contributed by atoms with Crippen LogP contribution in [0.15, 0.2) is 17.8 Å². The molecule has 0 unspecified atom stereocenters. The first-order chi connectivity index (χ1) is 9.90. The SMILES string of the molecule is Cc1nc(CN(C)C(=O)[C@@H](C)n2ccnc2C(C)C)cs1. The number of carbonyl (C=O) groups excluding carboxylic acids is 1. The second kappa shape index (κ2) is 6.39. The normalized spacial score (nSPS) is 12.7. The maximum atomic E-state index is 12.6. The van der Waals surface area contributed by atoms with Gasteiger partial charge in [-0.15, -0.1) is 11.3 Å². The van der Waals surface area contributed by atoms with Crippen LogP contribution in [0, 0.1) is 6.92 Å². The molecule has 0 saturated carbocycles. The number of thiazole rings is 1. The van der Waals surface area contributed by atoms with Crippen molar-refractivity contribution in [3.63, 3.8) is 0 Å². The molecule has 5 nitrogen and oxygen atoms in total. The molecule has 0 fully saturated rings. The molecule has 2 aromatic heterocycles. The highest BCUT2D eigenvalue weighted by atomic mass is 32.1. The summed E-state index contributed by atoms with van der Waals surface area (Å²) in [5.41, 5.74) is 0.940. The Hall–Kier alpha value is -1.69. The first-order valence-electron chi connectivity index (χ1n) is 7.08. The van der Waals surface area contributed by atoms with Crippen molar-refractivity contribution in [1.29, 1.82) is 0 Å². The van der Waals surface area contributed by atoms with Crippen LogP contribution >= 0.6 is 11.3 Å². The molecule has 0 bridgehead atoms. The number of aryl methyl sites for hydroxylation is 1. The third-order valence-electron chi connectivity index (χ3n) is 3.43. The number of likely N-dealkylation sites (N-methyl/N-ethyl adjacent to an activating group) is 1. The lowest BCUT2D eigenvalue weighted by molar-refractivity contribution is -0.133. The highest BCUT2D eigenvalue weighted by Crippen LogP contribution is 2.19. The minimum Gasteiger partial charge on any atom is -0.338 e. The van der Waals surface area contributed by atoms with Crippen LogP contribution < -0.4 is 0 Å². The van der Waals surface area contributed by atoms with Crippen molar-refractivity contribution in [2.45, 2.75) is 46.2 Å². The topological polar surface area (TPSA) is 51.0 Å². The number of nitrogens with zero attached hydrogens (tertiary/aromatic N) is 4. The summed E-state index contributed by atoms with van der Waals surface area (Å²) in [6.07, 6.45) is 3.63. The van der Waals surface area contributed by atoms with E-state index in [1.807, 2.05) is 37.0 Å². The summed E-state index contributed by atoms with van der Waals surface area (Å²) in [7, 11) is 1.82. The summed E-state index contributed by atoms with van der Waals surface area (Å²) in [5.74, 6) is 1.30. The van der Waals surface area contributed by atoms with Crippen molar-refractivity contribution in [1.82, 2.24) is 19.4 Å². The average molecular weight is 306 g/mol. The molecule has 0 aliphatic heterocycles. The van der Waals surface area contributed by atoms with Crippen molar-refractivity contribution in [2.75, 3.05) is 7.05 Å². The van der Waals surface area contributed by atoms with E-state index in [-0.39, 0.29) is 11.9 Å². The van der Waals surface area contributed by atoms with Gasteiger partial charge < -0.3 is 9.47 Å². The molecule has 1 atom stereocenters. The maximum absolute atomic E-state index is 12.6. The van der Waals surface area contributed by atoms with E-state index in [1.165, 1.54) is 0 Å². The van der Waals surface area contributed by atoms with Crippen molar-refractivity contribution in [3.05, 3.63) is 34.3 Å². The summed E-state index contributed by atoms with van der Waals surface area (Å²) in [4.78, 5) is 23.1. The zero-order valence-electron chi connectivity index (χ0n) is 13.2. The molecule has 21 heavy (non-hydrogen) atoms. The van der Waals surface area contributed by atoms with Gasteiger partial charge in [-0.05, 0) is 13.8 Å². The van der Waals surface area contributed by atoms with Crippen LogP contribution in [0.2, 0.25) is 0 Å². The van der Waals surface area contributed by atoms with Crippen molar-refractivity contribution >= 4 is 17.2 Å². The number of rotatable bonds is 5. The van der Waals surface area contributed by atoms with Crippen LogP contribution in [0.25, 0.3) is 0 Å². The Morgan fingerprint density at radius 1 is 1.43 bits per heavy atom. The van der Waals surface area contributed by atoms with Gasteiger partial charge in [0.2, 0.25) is 5.91 Å². The molecule has 1 amide bonds. The van der Waals surface area contributed by atoms with E-state index in [0.29, 0.717) is 12.5 Å². The smallest absolute Gasteiger partial charge is 0.245 e. The molecule has 0 N–H and O–H groups in total. The van der Waals surface area contributed by atoms with E-state index in [9.17, 15) is 4.79 Å². The Morgan fingerprint density at radius 2 is 2.14 bits per heavy atom. The summed E-state index contributed by atoms with van der Waals surface area (Å²) < 4.78 is 1.95. The molecule has 0 saturated heterocycles. The molecule has 0 aromatic carbocycles. The largest absolute Gasteiger partial charge is 0.338 e. The van der Waals surface area contributed by atoms with Crippen molar-refractivity contribution in [2.24, 2.45) is 0 Å². The van der Waals surface area contributed by atoms with Crippen LogP contribution in [0.5, 0.6) is 0 Å². The molecule has 0 aliphatic carbocycles. The van der Waals surface area contributed by atoms with E-state index in [1.54, 1.807) is 22.4 Å². The first-order valence-corrected chi connectivity index (χ1v) is 7.96. The standard InChI is InChI=1S/C15H22N4OS/c1-10(2)14-16-6-7-19(14)11(3)15(20)18(5)8-13-9-21-12(4)17-13/h6-7,9-11H,8H2,1-5H3/t11-/m1/s1. The van der Waals surface area contributed by atoms with Gasteiger partial charge in [0.1, 0.15) is 11.9 Å². The predicted octanol–water partition coefficient (Wildman–Crippen LogP) is 2.99. The summed E-state index contributed by atoms with van der Waals surface area (Å²) in [6.45, 7) is 8.59. The molecule has 2 heterocycles. The van der Waals surface area contributed by atoms with Crippen LogP contribution in [-0.2, 0) is 11.3 Å². The number of aromatic nitrogens is 3. The maximum Gasteiger partial charge on any atom is 0.245 e. The fraction of sp³-hybridized carbons (Fsp3) is 0.533. The van der Waals surface area contributed by atoms with Gasteiger partial charge in [0.05, 0.1) is 17.2 Å². The fourth-order valence-electron chi connectivity index (χ4n) is 2.34. The third-order valence-corrected chi connectivity index (χ3v) is 4.25. The zero-order valence-corrected chi connectivity index (χ0v) is 14.0. The molecular formula is C15H22N4OS. The van der Waals surface area contributed by atoms with Gasteiger partial charge >= 0.3 is 0 Å². The first kappa shape index (κ1) is 15.7. The van der Waals surface area contributed by atoms with Gasteiger partial charge in [-0.2, -0.15) is 0 Å². The minimum absolute atomic E-state index is 0.0700. The Morgan fingerprint density at radius 3 is 2.71 bits per heavy atom. The number of carbonyl (C=O) groups is 1. The minimum atomic E-state index is -0.255. The zero-order chi connectivity index (χ0) is 15.6. The molecule has 0 radical (unpaired) electrons. The van der Waals surface area contributed by atoms with Crippen molar-refractivity contribution < 1.29 is 4.79 Å². The van der Waals surface area contributed by atoms with Crippen LogP contribution in [0.3, 0.4) is 0 Å². The van der Waals surface area contributed by atoms with Crippen LogP contribution in [0.1, 0.15) is 49.3 Å². The summed E-state index contributed by atoms with van der Waals surface area (Å²) in [5, 5.41) is 3.02. The Bertz CT molecular complexity index is 617. The molecule has 6 heteroatoms. The average Bonchev–Trinajstić information content (AvgIpc) is 3.05. The predicted molar refractivity (Wildman–Crippen MR) is 84.4 cm³/mol. The molecular weight excluding hydrogens is 284 g/mol. The molecule has 0 aliphatic rings. The fourth-order valence-corrected chi connectivity index (χ4v) is 2.94. The van der Waals surface area contributed by atoms with Gasteiger partial charge in [0.15, 0.2) is 0 Å². The molecule has 114 valence electrons. The third kappa shape index (κ3) is 3.50. The Balaban J connectivity index is 2.09. The Kier molecular flexibility index (Phi) is 4.77. The quantitative estimate of drug-likeness (QED) is 0.853. The van der Waals surface area contributed by atoms with Gasteiger partial charge in [0, 0.05) is 30.7 Å². The van der Waals surface area contributed by atoms with Crippen LogP contribution in [0.4, 0.5) is 0 Å². The van der Waals surface area contributed by atoms with E-state index >= 15 is 0 Å². The van der Waals surface area contributed by atoms with Gasteiger partial charge in [0.25, 0.3) is 0 Å². The van der Waals surface area contributed by atoms with E-state index in [0.717, 1.165) is 16.5 Å². The lowest BCUT2D eigenvalue weighted by Crippen LogP contribution is -2.33. The molecule has 2 aromatic rings. The van der Waals surface area contributed by atoms with Gasteiger partial charge in [-0.25, -0.2) is 9.97 Å². The number of hydrogen-bond acceptors (Lipinski definition) is 4. The van der Waals surface area contributed by atoms with Crippen LogP contribution in [-0.4, -0.2) is 32.4 Å². The molecule has 0 spiro atoms.